The van der Waals surface area contributed by atoms with Gasteiger partial charge in [-0.15, -0.1) is 0 Å². The van der Waals surface area contributed by atoms with Crippen LogP contribution in [0, 0.1) is 12.7 Å². The maximum absolute atomic E-state index is 14.9. The Balaban J connectivity index is 0.973. The van der Waals surface area contributed by atoms with Crippen LogP contribution in [0.25, 0.3) is 39.2 Å². The summed E-state index contributed by atoms with van der Waals surface area (Å²) < 4.78 is 68.2. The van der Waals surface area contributed by atoms with Crippen molar-refractivity contribution >= 4 is 43.0 Å². The highest BCUT2D eigenvalue weighted by Gasteiger charge is 2.41. The molecule has 2 atom stereocenters. The maximum Gasteiger partial charge on any atom is 0.345 e. The van der Waals surface area contributed by atoms with Crippen molar-refractivity contribution in [3.05, 3.63) is 232 Å². The van der Waals surface area contributed by atoms with Crippen LogP contribution in [0.2, 0.25) is 28.3 Å². The summed E-state index contributed by atoms with van der Waals surface area (Å²) in [6, 6.07) is 50.3. The first-order valence-corrected chi connectivity index (χ1v) is 35.4. The van der Waals surface area contributed by atoms with Gasteiger partial charge in [-0.2, -0.15) is 0 Å². The van der Waals surface area contributed by atoms with E-state index in [2.05, 4.69) is 67.8 Å². The molecule has 2 unspecified atom stereocenters. The fraction of sp³-hybridized carbons (Fsp3) is 0.289. The monoisotopic (exact) mass is 1350 g/mol. The van der Waals surface area contributed by atoms with Crippen LogP contribution in [-0.2, 0) is 28.2 Å². The lowest BCUT2D eigenvalue weighted by Gasteiger charge is -2.39. The van der Waals surface area contributed by atoms with Crippen LogP contribution in [0.1, 0.15) is 54.3 Å². The number of hydrogen-bond donors (Lipinski definition) is 1. The molecule has 1 N–H and O–H groups in total. The summed E-state index contributed by atoms with van der Waals surface area (Å²) in [6.45, 7) is 16.6. The van der Waals surface area contributed by atoms with Crippen LogP contribution < -0.4 is 32.8 Å². The van der Waals surface area contributed by atoms with E-state index < -0.39 is 37.9 Å². The van der Waals surface area contributed by atoms with E-state index in [1.807, 2.05) is 122 Å². The van der Waals surface area contributed by atoms with Gasteiger partial charge in [-0.3, -0.25) is 4.90 Å². The lowest BCUT2D eigenvalue weighted by atomic mass is 9.80. The van der Waals surface area contributed by atoms with Gasteiger partial charge in [0.1, 0.15) is 69.3 Å². The fourth-order valence-corrected chi connectivity index (χ4v) is 13.3. The summed E-state index contributed by atoms with van der Waals surface area (Å²) in [4.78, 5) is 32.6. The van der Waals surface area contributed by atoms with Gasteiger partial charge < -0.3 is 52.0 Å². The molecular formula is C76H79Cl2FN6O10Si. The van der Waals surface area contributed by atoms with E-state index in [9.17, 15) is 14.3 Å². The Bertz CT molecular complexity index is 4290. The van der Waals surface area contributed by atoms with E-state index in [1.54, 1.807) is 62.4 Å². The van der Waals surface area contributed by atoms with Gasteiger partial charge in [-0.1, -0.05) is 129 Å². The molecule has 0 spiro atoms. The predicted octanol–water partition coefficient (Wildman–Crippen LogP) is 15.9. The average Bonchev–Trinajstić information content (AvgIpc) is 1.49. The molecule has 498 valence electrons. The molecule has 0 amide bonds. The number of aliphatic carboxylic acids is 1. The lowest BCUT2D eigenvalue weighted by molar-refractivity contribution is -0.145. The predicted molar refractivity (Wildman–Crippen MR) is 376 cm³/mol. The third-order valence-corrected chi connectivity index (χ3v) is 23.3. The second-order valence-corrected chi connectivity index (χ2v) is 30.8. The molecule has 0 aliphatic carbocycles. The van der Waals surface area contributed by atoms with E-state index in [1.165, 1.54) is 18.3 Å². The topological polar surface area (TPSA) is 161 Å². The van der Waals surface area contributed by atoms with E-state index in [0.717, 1.165) is 42.9 Å². The van der Waals surface area contributed by atoms with Crippen molar-refractivity contribution < 1.29 is 51.9 Å². The van der Waals surface area contributed by atoms with Gasteiger partial charge in [0.15, 0.2) is 5.82 Å². The second-order valence-electron chi connectivity index (χ2n) is 25.3. The number of para-hydroxylation sites is 1. The minimum Gasteiger partial charge on any atom is -0.543 e. The Morgan fingerprint density at radius 2 is 1.32 bits per heavy atom. The number of benzene rings is 7. The summed E-state index contributed by atoms with van der Waals surface area (Å²) in [5.74, 6) is 2.03. The molecule has 10 aromatic rings. The molecule has 1 saturated heterocycles. The fourth-order valence-electron chi connectivity index (χ4n) is 11.8. The number of likely N-dealkylation sites (N-methyl/N-ethyl adjacent to an activating group) is 1. The van der Waals surface area contributed by atoms with Gasteiger partial charge in [-0.05, 0) is 144 Å². The molecule has 1 aliphatic rings. The quantitative estimate of drug-likeness (QED) is 0.0402. The van der Waals surface area contributed by atoms with E-state index in [0.29, 0.717) is 102 Å². The van der Waals surface area contributed by atoms with Crippen molar-refractivity contribution in [3.63, 3.8) is 0 Å². The molecule has 0 radical (unpaired) electrons. The summed E-state index contributed by atoms with van der Waals surface area (Å²) in [5.41, 5.74) is 6.35. The minimum absolute atomic E-state index is 0.0122. The van der Waals surface area contributed by atoms with Gasteiger partial charge in [0.2, 0.25) is 20.3 Å². The number of carboxylic acid groups (broad SMARTS) is 1. The van der Waals surface area contributed by atoms with Crippen molar-refractivity contribution in [1.82, 2.24) is 29.2 Å². The number of halogens is 3. The normalized spacial score (nSPS) is 13.8. The number of piperazine rings is 1. The van der Waals surface area contributed by atoms with Crippen LogP contribution >= 0.6 is 23.2 Å². The Morgan fingerprint density at radius 1 is 0.688 bits per heavy atom. The molecule has 4 heterocycles. The third-order valence-electron chi connectivity index (χ3n) is 18.1. The van der Waals surface area contributed by atoms with E-state index in [-0.39, 0.29) is 35.7 Å². The molecule has 1 fully saturated rings. The first kappa shape index (κ1) is 68.4. The summed E-state index contributed by atoms with van der Waals surface area (Å²) >= 11 is 15.2. The first-order valence-electron chi connectivity index (χ1n) is 31.8. The SMILES string of the molecule is COc1ccc(C(OCC(CN2CCN(C)CC2)Oc2ccc(-c3c(-c4ccc(F)cc4)c(Cl)n4ccnc(OC(Cc5cc(O[Si](C)(C)C(C)(C)C)ccc5OCc5ccnc(-c6ccccc6OC)n5)C(=O)O)c34)c(C)c2Cl)(c2ccccc2)c2ccc(OC)cc2)cc1. The Hall–Kier alpha value is -9.01. The molecule has 16 nitrogen and oxygen atoms in total. The number of aromatic nitrogens is 4. The maximum atomic E-state index is 14.9. The van der Waals surface area contributed by atoms with Crippen molar-refractivity contribution in [1.29, 1.82) is 0 Å². The van der Waals surface area contributed by atoms with Gasteiger partial charge in [0, 0.05) is 74.4 Å². The second kappa shape index (κ2) is 29.5. The van der Waals surface area contributed by atoms with Crippen molar-refractivity contribution in [2.75, 3.05) is 67.7 Å². The number of carboxylic acids is 1. The number of methoxy groups -OCH3 is 3. The van der Waals surface area contributed by atoms with Crippen molar-refractivity contribution in [3.8, 4) is 74.0 Å². The summed E-state index contributed by atoms with van der Waals surface area (Å²) in [7, 11) is 4.59. The van der Waals surface area contributed by atoms with Gasteiger partial charge in [0.05, 0.1) is 44.2 Å². The first-order chi connectivity index (χ1) is 46.2. The molecule has 3 aromatic heterocycles. The van der Waals surface area contributed by atoms with Crippen LogP contribution in [0.4, 0.5) is 4.39 Å². The van der Waals surface area contributed by atoms with Gasteiger partial charge in [-0.25, -0.2) is 24.1 Å². The van der Waals surface area contributed by atoms with Gasteiger partial charge >= 0.3 is 5.97 Å². The standard InChI is InChI=1S/C76H79Cl2FN6O10Si/c1-49-61(33-35-65(69(49)77)93-60(46-84-42-40-83(5)41-43-84)48-92-76(52-16-12-11-13-17-52,53-22-28-57(88-6)29-23-53)54-24-30-58(89-7)31-25-54)68-67(50-20-26-55(79)27-21-50)71(78)85-39-38-81-73(70(68)85)94-66(74(86)87)45-51-44-59(95-96(9,10)75(2,3)4)32-34-63(51)91-47-56-36-37-80-72(82-56)62-18-14-15-19-64(62)90-8/h11-39,44,60,66H,40-43,45-48H2,1-10H3,(H,86,87). The number of nitrogens with zero attached hydrogens (tertiary/aromatic N) is 6. The molecule has 0 bridgehead atoms. The van der Waals surface area contributed by atoms with Crippen LogP contribution in [0.5, 0.6) is 40.4 Å². The summed E-state index contributed by atoms with van der Waals surface area (Å²) in [6.07, 6.45) is 2.47. The number of fused-ring (bicyclic) bond motifs is 1. The zero-order valence-electron chi connectivity index (χ0n) is 55.6. The van der Waals surface area contributed by atoms with Crippen molar-refractivity contribution in [2.45, 2.75) is 76.7 Å². The van der Waals surface area contributed by atoms with Gasteiger partial charge in [0.25, 0.3) is 0 Å². The molecule has 11 rings (SSSR count). The number of carbonyl (C=O) groups is 1. The molecule has 7 aromatic carbocycles. The Kier molecular flexibility index (Phi) is 21.0. The highest BCUT2D eigenvalue weighted by Crippen LogP contribution is 2.49. The van der Waals surface area contributed by atoms with Crippen LogP contribution in [0.3, 0.4) is 0 Å². The minimum atomic E-state index is -2.41. The Labute approximate surface area is 571 Å². The van der Waals surface area contributed by atoms with Crippen molar-refractivity contribution in [2.24, 2.45) is 0 Å². The zero-order valence-corrected chi connectivity index (χ0v) is 58.1. The number of rotatable bonds is 26. The van der Waals surface area contributed by atoms with E-state index in [4.69, 9.17) is 70.8 Å². The molecule has 1 aliphatic heterocycles. The molecule has 0 saturated carbocycles. The molecular weight excluding hydrogens is 1270 g/mol. The molecule has 96 heavy (non-hydrogen) atoms. The number of ether oxygens (including phenoxy) is 7. The van der Waals surface area contributed by atoms with Crippen LogP contribution in [-0.4, -0.2) is 128 Å². The number of hydrogen-bond acceptors (Lipinski definition) is 14. The highest BCUT2D eigenvalue weighted by molar-refractivity contribution is 6.74. The highest BCUT2D eigenvalue weighted by atomic mass is 35.5. The van der Waals surface area contributed by atoms with Crippen LogP contribution in [0.15, 0.2) is 182 Å². The Morgan fingerprint density at radius 3 is 1.97 bits per heavy atom. The average molecular weight is 1350 g/mol. The largest absolute Gasteiger partial charge is 0.543 e. The van der Waals surface area contributed by atoms with E-state index >= 15 is 0 Å². The lowest BCUT2D eigenvalue weighted by Crippen LogP contribution is -2.49. The summed E-state index contributed by atoms with van der Waals surface area (Å²) in [5, 5.41) is 11.7. The third kappa shape index (κ3) is 14.8. The smallest absolute Gasteiger partial charge is 0.345 e. The molecule has 20 heteroatoms. The zero-order chi connectivity index (χ0) is 67.9.